The number of nitrogens with one attached hydrogen (secondary N) is 1. The number of aliphatic hydroxyl groups is 3. The molecule has 4 aliphatic rings. The lowest BCUT2D eigenvalue weighted by atomic mass is 9.81. The van der Waals surface area contributed by atoms with Crippen molar-refractivity contribution in [3.63, 3.8) is 0 Å². The third-order valence-corrected chi connectivity index (χ3v) is 15.2. The number of fused-ring (bicyclic) bond motifs is 4. The smallest absolute Gasteiger partial charge is 0.329 e. The average molecular weight is 951 g/mol. The predicted octanol–water partition coefficient (Wildman–Crippen LogP) is 7.09. The Bertz CT molecular complexity index is 2130. The maximum atomic E-state index is 14.6. The topological polar surface area (TPSA) is 203 Å². The molecule has 1 aromatic heterocycles. The van der Waals surface area contributed by atoms with Crippen molar-refractivity contribution in [1.29, 1.82) is 0 Å². The summed E-state index contributed by atoms with van der Waals surface area (Å²) in [4.78, 5) is 61.8. The normalized spacial score (nSPS) is 36.8. The molecule has 1 saturated carbocycles. The van der Waals surface area contributed by atoms with Gasteiger partial charge in [0, 0.05) is 68.6 Å². The number of cyclic esters (lactones) is 1. The maximum absolute atomic E-state index is 14.6. The first kappa shape index (κ1) is 53.4. The first-order chi connectivity index (χ1) is 32.3. The number of nitrogens with zero attached hydrogens (tertiary/aromatic N) is 1. The minimum Gasteiger partial charge on any atom is -0.488 e. The third kappa shape index (κ3) is 12.1. The molecule has 2 saturated heterocycles. The van der Waals surface area contributed by atoms with Gasteiger partial charge in [-0.25, -0.2) is 4.79 Å². The summed E-state index contributed by atoms with van der Waals surface area (Å²) >= 11 is 0. The van der Waals surface area contributed by atoms with E-state index in [1.807, 2.05) is 51.1 Å². The van der Waals surface area contributed by atoms with Crippen molar-refractivity contribution in [2.75, 3.05) is 27.9 Å². The number of aromatic amines is 1. The van der Waals surface area contributed by atoms with Crippen LogP contribution in [0.4, 0.5) is 0 Å². The molecular weight excluding hydrogens is 873 g/mol. The van der Waals surface area contributed by atoms with E-state index in [1.165, 1.54) is 19.1 Å². The number of Topliss-reactive ketones (excluding diaryl/α,β-unsaturated/α-hetero) is 2. The Morgan fingerprint density at radius 3 is 2.32 bits per heavy atom. The lowest BCUT2D eigenvalue weighted by molar-refractivity contribution is -0.302. The SMILES string of the molecule is CCC1/C=C(\C)CC(C)CC(OC)C2OC(O)(C(=O)C(=O)N3CCCCC3C(=O)OC(C(C)=CC3CCC(Oc4ccc5[nH]c(C(C)O)cc5c4)C(OC)C3)C(C)C(O)CC1=O)C(C)CC2OC. The molecule has 1 aliphatic carbocycles. The van der Waals surface area contributed by atoms with E-state index < -0.39 is 83.9 Å². The molecule has 0 radical (unpaired) electrons. The molecule has 68 heavy (non-hydrogen) atoms. The van der Waals surface area contributed by atoms with Gasteiger partial charge in [0.1, 0.15) is 35.9 Å². The first-order valence-electron chi connectivity index (χ1n) is 24.9. The van der Waals surface area contributed by atoms with Crippen LogP contribution in [0.15, 0.2) is 47.6 Å². The molecular formula is C53H78N2O13. The van der Waals surface area contributed by atoms with Gasteiger partial charge in [0.05, 0.1) is 30.5 Å². The van der Waals surface area contributed by atoms with Gasteiger partial charge >= 0.3 is 5.97 Å². The van der Waals surface area contributed by atoms with Gasteiger partial charge in [-0.15, -0.1) is 0 Å². The number of amides is 1. The van der Waals surface area contributed by atoms with Gasteiger partial charge in [-0.3, -0.25) is 14.4 Å². The lowest BCUT2D eigenvalue weighted by Gasteiger charge is -2.47. The van der Waals surface area contributed by atoms with E-state index >= 15 is 0 Å². The first-order valence-corrected chi connectivity index (χ1v) is 24.9. The maximum Gasteiger partial charge on any atom is 0.329 e. The highest BCUT2D eigenvalue weighted by atomic mass is 16.7. The van der Waals surface area contributed by atoms with E-state index in [9.17, 15) is 34.5 Å². The number of ketones is 2. The van der Waals surface area contributed by atoms with E-state index in [4.69, 9.17) is 28.4 Å². The molecule has 15 atom stereocenters. The van der Waals surface area contributed by atoms with Gasteiger partial charge in [-0.2, -0.15) is 0 Å². The highest BCUT2D eigenvalue weighted by Gasteiger charge is 2.56. The van der Waals surface area contributed by atoms with Crippen molar-refractivity contribution in [3.05, 3.63) is 53.3 Å². The van der Waals surface area contributed by atoms with Gasteiger partial charge in [-0.1, -0.05) is 45.4 Å². The monoisotopic (exact) mass is 951 g/mol. The van der Waals surface area contributed by atoms with Gasteiger partial charge < -0.3 is 53.6 Å². The van der Waals surface area contributed by atoms with Gasteiger partial charge in [0.2, 0.25) is 5.79 Å². The quantitative estimate of drug-likeness (QED) is 0.113. The summed E-state index contributed by atoms with van der Waals surface area (Å²) in [7, 11) is 4.73. The van der Waals surface area contributed by atoms with Gasteiger partial charge in [-0.05, 0) is 127 Å². The van der Waals surface area contributed by atoms with Crippen LogP contribution in [-0.4, -0.2) is 131 Å². The largest absolute Gasteiger partial charge is 0.488 e. The number of carbonyl (C=O) groups is 4. The fraction of sp³-hybridized carbons (Fsp3) is 0.698. The molecule has 3 fully saturated rings. The number of allylic oxidation sites excluding steroid dienone is 3. The number of hydrogen-bond acceptors (Lipinski definition) is 13. The van der Waals surface area contributed by atoms with Crippen LogP contribution in [-0.2, 0) is 42.9 Å². The number of methoxy groups -OCH3 is 3. The van der Waals surface area contributed by atoms with Crippen LogP contribution in [0, 0.1) is 29.6 Å². The van der Waals surface area contributed by atoms with Crippen LogP contribution < -0.4 is 4.74 Å². The van der Waals surface area contributed by atoms with Crippen molar-refractivity contribution in [2.24, 2.45) is 29.6 Å². The summed E-state index contributed by atoms with van der Waals surface area (Å²) in [5.41, 5.74) is 3.29. The Balaban J connectivity index is 1.29. The molecule has 4 heterocycles. The zero-order valence-corrected chi connectivity index (χ0v) is 41.9. The third-order valence-electron chi connectivity index (χ3n) is 15.2. The molecule has 15 unspecified atom stereocenters. The second-order valence-electron chi connectivity index (χ2n) is 20.4. The number of carbonyl (C=O) groups excluding carboxylic acids is 4. The predicted molar refractivity (Wildman–Crippen MR) is 255 cm³/mol. The number of ether oxygens (including phenoxy) is 6. The highest BCUT2D eigenvalue weighted by molar-refractivity contribution is 6.39. The van der Waals surface area contributed by atoms with E-state index in [0.29, 0.717) is 56.3 Å². The van der Waals surface area contributed by atoms with Crippen LogP contribution in [0.2, 0.25) is 0 Å². The molecule has 15 heteroatoms. The minimum absolute atomic E-state index is 0.0156. The number of aromatic nitrogens is 1. The number of aliphatic hydroxyl groups excluding tert-OH is 2. The summed E-state index contributed by atoms with van der Waals surface area (Å²) in [5.74, 6) is -6.92. The van der Waals surface area contributed by atoms with Crippen LogP contribution >= 0.6 is 0 Å². The number of esters is 1. The highest BCUT2D eigenvalue weighted by Crippen LogP contribution is 2.40. The number of piperidine rings is 1. The summed E-state index contributed by atoms with van der Waals surface area (Å²) in [6, 6.07) is 6.53. The number of H-pyrrole nitrogens is 1. The van der Waals surface area contributed by atoms with Gasteiger partial charge in [0.15, 0.2) is 0 Å². The Hall–Kier alpha value is -3.96. The van der Waals surface area contributed by atoms with E-state index in [0.717, 1.165) is 28.6 Å². The standard InChI is InChI=1S/C53H78N2O13/c1-11-36-21-29(2)20-30(3)22-46(64-9)49-47(65-10)24-32(5)53(62,68-49)50(59)51(60)55-19-13-12-14-41(55)52(61)67-48(33(6)42(57)28-43(36)58)31(4)23-35-15-18-44(45(25-35)63-8)66-38-16-17-39-37(26-38)27-40(54-39)34(7)56/h16-17,21,23,26-27,30,32-36,41-42,44-49,54,56-57,62H,11-15,18-20,22,24-25,28H2,1-10H3/b29-21+,31-23?. The van der Waals surface area contributed by atoms with Crippen molar-refractivity contribution < 1.29 is 62.9 Å². The number of rotatable bonds is 9. The second kappa shape index (κ2) is 23.3. The Labute approximate surface area is 402 Å². The Morgan fingerprint density at radius 2 is 1.65 bits per heavy atom. The molecule has 4 N–H and O–H groups in total. The number of hydrogen-bond donors (Lipinski definition) is 4. The molecule has 0 spiro atoms. The van der Waals surface area contributed by atoms with Crippen LogP contribution in [0.25, 0.3) is 10.9 Å². The molecule has 1 aromatic carbocycles. The molecule has 6 rings (SSSR count). The molecule has 378 valence electrons. The van der Waals surface area contributed by atoms with E-state index in [1.54, 1.807) is 27.9 Å². The fourth-order valence-corrected chi connectivity index (χ4v) is 11.1. The van der Waals surface area contributed by atoms with Crippen LogP contribution in [0.3, 0.4) is 0 Å². The molecule has 2 bridgehead atoms. The second-order valence-corrected chi connectivity index (χ2v) is 20.4. The Kier molecular flexibility index (Phi) is 18.3. The molecule has 3 aliphatic heterocycles. The summed E-state index contributed by atoms with van der Waals surface area (Å²) in [5, 5.41) is 35.0. The molecule has 2 aromatic rings. The van der Waals surface area contributed by atoms with Crippen LogP contribution in [0.1, 0.15) is 131 Å². The van der Waals surface area contributed by atoms with Crippen molar-refractivity contribution >= 4 is 34.3 Å². The van der Waals surface area contributed by atoms with Crippen molar-refractivity contribution in [3.8, 4) is 5.75 Å². The van der Waals surface area contributed by atoms with Gasteiger partial charge in [0.25, 0.3) is 11.7 Å². The van der Waals surface area contributed by atoms with Crippen LogP contribution in [0.5, 0.6) is 5.75 Å². The number of benzene rings is 1. The minimum atomic E-state index is -2.52. The van der Waals surface area contributed by atoms with E-state index in [-0.39, 0.29) is 55.6 Å². The zero-order chi connectivity index (χ0) is 49.6. The molecule has 15 nitrogen and oxygen atoms in total. The van der Waals surface area contributed by atoms with E-state index in [2.05, 4.69) is 18.0 Å². The average Bonchev–Trinajstić information content (AvgIpc) is 3.76. The summed E-state index contributed by atoms with van der Waals surface area (Å²) in [6.07, 6.45) is 3.63. The Morgan fingerprint density at radius 1 is 0.941 bits per heavy atom. The van der Waals surface area contributed by atoms with Crippen molar-refractivity contribution in [1.82, 2.24) is 9.88 Å². The molecule has 1 amide bonds. The van der Waals surface area contributed by atoms with Crippen molar-refractivity contribution in [2.45, 2.75) is 180 Å². The zero-order valence-electron chi connectivity index (χ0n) is 41.9. The summed E-state index contributed by atoms with van der Waals surface area (Å²) in [6.45, 7) is 13.0. The lowest BCUT2D eigenvalue weighted by Crippen LogP contribution is -2.64. The summed E-state index contributed by atoms with van der Waals surface area (Å²) < 4.78 is 37.0. The fourth-order valence-electron chi connectivity index (χ4n) is 11.1.